The highest BCUT2D eigenvalue weighted by atomic mass is 32.2. The summed E-state index contributed by atoms with van der Waals surface area (Å²) in [6.45, 7) is 1.58. The minimum absolute atomic E-state index is 0.120. The van der Waals surface area contributed by atoms with Crippen LogP contribution in [0.15, 0.2) is 47.6 Å². The molecule has 1 amide bonds. The molecule has 1 heterocycles. The molecule has 5 nitrogen and oxygen atoms in total. The Hall–Kier alpha value is -2.81. The molecule has 2 aromatic carbocycles. The average Bonchev–Trinajstić information content (AvgIpc) is 3.06. The number of benzene rings is 2. The zero-order valence-electron chi connectivity index (χ0n) is 13.5. The molecule has 0 bridgehead atoms. The van der Waals surface area contributed by atoms with Crippen LogP contribution in [-0.4, -0.2) is 26.3 Å². The lowest BCUT2D eigenvalue weighted by Crippen LogP contribution is -2.23. The molecule has 0 saturated heterocycles. The molecule has 2 N–H and O–H groups in total. The van der Waals surface area contributed by atoms with Crippen LogP contribution in [0, 0.1) is 17.5 Å². The van der Waals surface area contributed by atoms with Crippen molar-refractivity contribution < 1.29 is 18.0 Å². The van der Waals surface area contributed by atoms with Crippen molar-refractivity contribution in [3.63, 3.8) is 0 Å². The highest BCUT2D eigenvalue weighted by molar-refractivity contribution is 8.00. The smallest absolute Gasteiger partial charge is 0.237 e. The van der Waals surface area contributed by atoms with Crippen LogP contribution in [0.1, 0.15) is 6.92 Å². The third-order valence-electron chi connectivity index (χ3n) is 3.43. The van der Waals surface area contributed by atoms with Gasteiger partial charge in [0.05, 0.1) is 16.5 Å². The van der Waals surface area contributed by atoms with Gasteiger partial charge in [0.1, 0.15) is 17.5 Å². The number of aromatic nitrogens is 3. The first kappa shape index (κ1) is 18.0. The number of carbonyl (C=O) groups is 1. The summed E-state index contributed by atoms with van der Waals surface area (Å²) in [4.78, 5) is 16.3. The normalized spacial score (nSPS) is 12.0. The number of rotatable bonds is 5. The molecule has 0 unspecified atom stereocenters. The molecule has 1 atom stereocenters. The SMILES string of the molecule is C[C@H](Sc1n[nH]c(-c2ccccc2F)n1)C(=O)Nc1ccc(F)cc1F. The van der Waals surface area contributed by atoms with Gasteiger partial charge in [0.15, 0.2) is 5.82 Å². The second kappa shape index (κ2) is 7.61. The summed E-state index contributed by atoms with van der Waals surface area (Å²) in [6, 6.07) is 8.96. The van der Waals surface area contributed by atoms with Crippen LogP contribution in [-0.2, 0) is 4.79 Å². The number of aromatic amines is 1. The molecule has 9 heteroatoms. The van der Waals surface area contributed by atoms with Crippen molar-refractivity contribution in [2.75, 3.05) is 5.32 Å². The fourth-order valence-corrected chi connectivity index (χ4v) is 2.83. The monoisotopic (exact) mass is 378 g/mol. The quantitative estimate of drug-likeness (QED) is 0.658. The Morgan fingerprint density at radius 1 is 1.15 bits per heavy atom. The van der Waals surface area contributed by atoms with Crippen LogP contribution < -0.4 is 5.32 Å². The number of carbonyl (C=O) groups excluding carboxylic acids is 1. The second-order valence-corrected chi connectivity index (χ2v) is 6.63. The van der Waals surface area contributed by atoms with Crippen molar-refractivity contribution >= 4 is 23.4 Å². The van der Waals surface area contributed by atoms with Crippen LogP contribution in [0.4, 0.5) is 18.9 Å². The fraction of sp³-hybridized carbons (Fsp3) is 0.118. The van der Waals surface area contributed by atoms with Crippen molar-refractivity contribution in [3.05, 3.63) is 59.9 Å². The highest BCUT2D eigenvalue weighted by Gasteiger charge is 2.19. The van der Waals surface area contributed by atoms with Crippen molar-refractivity contribution in [2.24, 2.45) is 0 Å². The maximum atomic E-state index is 13.8. The Labute approximate surface area is 151 Å². The molecular formula is C17H13F3N4OS. The van der Waals surface area contributed by atoms with E-state index in [0.717, 1.165) is 23.9 Å². The van der Waals surface area contributed by atoms with Gasteiger partial charge in [-0.3, -0.25) is 9.89 Å². The number of halogens is 3. The molecule has 1 aromatic heterocycles. The van der Waals surface area contributed by atoms with Gasteiger partial charge >= 0.3 is 0 Å². The van der Waals surface area contributed by atoms with Crippen molar-refractivity contribution in [3.8, 4) is 11.4 Å². The summed E-state index contributed by atoms with van der Waals surface area (Å²) in [6.07, 6.45) is 0. The standard InChI is InChI=1S/C17H13F3N4OS/c1-9(16(25)21-14-7-6-10(18)8-13(14)20)26-17-22-15(23-24-17)11-4-2-3-5-12(11)19/h2-9H,1H3,(H,21,25)(H,22,23,24)/t9-/m0/s1. The lowest BCUT2D eigenvalue weighted by molar-refractivity contribution is -0.115. The van der Waals surface area contributed by atoms with Crippen LogP contribution in [0.25, 0.3) is 11.4 Å². The van der Waals surface area contributed by atoms with E-state index in [0.29, 0.717) is 6.07 Å². The number of anilines is 1. The molecule has 0 fully saturated rings. The topological polar surface area (TPSA) is 70.7 Å². The number of thioether (sulfide) groups is 1. The lowest BCUT2D eigenvalue weighted by atomic mass is 10.2. The van der Waals surface area contributed by atoms with Crippen LogP contribution in [0.3, 0.4) is 0 Å². The van der Waals surface area contributed by atoms with E-state index in [1.807, 2.05) is 0 Å². The lowest BCUT2D eigenvalue weighted by Gasteiger charge is -2.10. The molecule has 0 spiro atoms. The van der Waals surface area contributed by atoms with Gasteiger partial charge in [0, 0.05) is 6.07 Å². The van der Waals surface area contributed by atoms with E-state index >= 15 is 0 Å². The Balaban J connectivity index is 1.67. The number of nitrogens with one attached hydrogen (secondary N) is 2. The first-order chi connectivity index (χ1) is 12.4. The van der Waals surface area contributed by atoms with Crippen LogP contribution >= 0.6 is 11.8 Å². The molecule has 134 valence electrons. The highest BCUT2D eigenvalue weighted by Crippen LogP contribution is 2.25. The third-order valence-corrected chi connectivity index (χ3v) is 4.40. The van der Waals surface area contributed by atoms with E-state index in [1.165, 1.54) is 6.07 Å². The predicted molar refractivity (Wildman–Crippen MR) is 92.1 cm³/mol. The molecule has 0 saturated carbocycles. The van der Waals surface area contributed by atoms with Gasteiger partial charge in [-0.2, -0.15) is 0 Å². The van der Waals surface area contributed by atoms with Gasteiger partial charge in [0.25, 0.3) is 0 Å². The molecule has 26 heavy (non-hydrogen) atoms. The Kier molecular flexibility index (Phi) is 5.27. The molecule has 0 aliphatic carbocycles. The summed E-state index contributed by atoms with van der Waals surface area (Å²) in [5, 5.41) is 8.52. The fourth-order valence-electron chi connectivity index (χ4n) is 2.11. The van der Waals surface area contributed by atoms with E-state index in [2.05, 4.69) is 20.5 Å². The van der Waals surface area contributed by atoms with Crippen LogP contribution in [0.2, 0.25) is 0 Å². The van der Waals surface area contributed by atoms with Gasteiger partial charge in [-0.05, 0) is 31.2 Å². The minimum atomic E-state index is -0.865. The van der Waals surface area contributed by atoms with E-state index in [4.69, 9.17) is 0 Å². The summed E-state index contributed by atoms with van der Waals surface area (Å²) in [5.41, 5.74) is 0.142. The summed E-state index contributed by atoms with van der Waals surface area (Å²) in [7, 11) is 0. The molecule has 0 aliphatic rings. The average molecular weight is 378 g/mol. The van der Waals surface area contributed by atoms with Crippen molar-refractivity contribution in [1.82, 2.24) is 15.2 Å². The Bertz CT molecular complexity index is 947. The second-order valence-electron chi connectivity index (χ2n) is 5.32. The Morgan fingerprint density at radius 3 is 2.65 bits per heavy atom. The largest absolute Gasteiger partial charge is 0.323 e. The summed E-state index contributed by atoms with van der Waals surface area (Å²) in [5.74, 6) is -2.31. The number of amides is 1. The van der Waals surface area contributed by atoms with Crippen LogP contribution in [0.5, 0.6) is 0 Å². The maximum absolute atomic E-state index is 13.8. The van der Waals surface area contributed by atoms with Gasteiger partial charge in [0.2, 0.25) is 11.1 Å². The Morgan fingerprint density at radius 2 is 1.92 bits per heavy atom. The minimum Gasteiger partial charge on any atom is -0.323 e. The zero-order valence-corrected chi connectivity index (χ0v) is 14.3. The number of hydrogen-bond donors (Lipinski definition) is 2. The number of H-pyrrole nitrogens is 1. The number of nitrogens with zero attached hydrogens (tertiary/aromatic N) is 2. The van der Waals surface area contributed by atoms with Gasteiger partial charge < -0.3 is 5.32 Å². The van der Waals surface area contributed by atoms with Gasteiger partial charge in [-0.25, -0.2) is 18.2 Å². The summed E-state index contributed by atoms with van der Waals surface area (Å²) >= 11 is 1.02. The molecule has 0 radical (unpaired) electrons. The molecule has 3 aromatic rings. The van der Waals surface area contributed by atoms with E-state index < -0.39 is 28.6 Å². The van der Waals surface area contributed by atoms with E-state index in [9.17, 15) is 18.0 Å². The van der Waals surface area contributed by atoms with Crippen molar-refractivity contribution in [1.29, 1.82) is 0 Å². The van der Waals surface area contributed by atoms with Gasteiger partial charge in [-0.1, -0.05) is 23.9 Å². The molecule has 3 rings (SSSR count). The maximum Gasteiger partial charge on any atom is 0.237 e. The molecular weight excluding hydrogens is 365 g/mol. The number of hydrogen-bond acceptors (Lipinski definition) is 4. The van der Waals surface area contributed by atoms with Crippen molar-refractivity contribution in [2.45, 2.75) is 17.3 Å². The zero-order chi connectivity index (χ0) is 18.7. The summed E-state index contributed by atoms with van der Waals surface area (Å²) < 4.78 is 40.3. The van der Waals surface area contributed by atoms with E-state index in [1.54, 1.807) is 25.1 Å². The molecule has 0 aliphatic heterocycles. The van der Waals surface area contributed by atoms with Gasteiger partial charge in [-0.15, -0.1) is 5.10 Å². The first-order valence-corrected chi connectivity index (χ1v) is 8.42. The third kappa shape index (κ3) is 4.05. The van der Waals surface area contributed by atoms with E-state index in [-0.39, 0.29) is 22.2 Å². The first-order valence-electron chi connectivity index (χ1n) is 7.54. The predicted octanol–water partition coefficient (Wildman–Crippen LogP) is 4.01.